The molecule has 0 amide bonds. The molecule has 0 saturated carbocycles. The fourth-order valence-corrected chi connectivity index (χ4v) is 3.76. The highest BCUT2D eigenvalue weighted by Gasteiger charge is 2.26. The molecule has 106 valence electrons. The summed E-state index contributed by atoms with van der Waals surface area (Å²) in [6, 6.07) is 7.48. The standard InChI is InChI=1S/C15H22ClNOS/c1-15(2)11-17(9-10-19-15)8-7-14(18)12-3-5-13(16)6-4-12/h3-6,14,18H,7-11H2,1-2H3. The molecule has 1 fully saturated rings. The van der Waals surface area contributed by atoms with Crippen molar-refractivity contribution in [3.8, 4) is 0 Å². The van der Waals surface area contributed by atoms with Crippen LogP contribution in [0.3, 0.4) is 0 Å². The zero-order chi connectivity index (χ0) is 13.9. The van der Waals surface area contributed by atoms with Crippen LogP contribution < -0.4 is 0 Å². The molecule has 2 nitrogen and oxygen atoms in total. The van der Waals surface area contributed by atoms with Gasteiger partial charge >= 0.3 is 0 Å². The third-order valence-corrected chi connectivity index (χ3v) is 5.03. The number of nitrogens with zero attached hydrogens (tertiary/aromatic N) is 1. The molecule has 0 spiro atoms. The molecule has 0 radical (unpaired) electrons. The molecule has 1 saturated heterocycles. The van der Waals surface area contributed by atoms with E-state index in [1.165, 1.54) is 5.75 Å². The Morgan fingerprint density at radius 3 is 2.68 bits per heavy atom. The molecule has 0 bridgehead atoms. The average Bonchev–Trinajstić information content (AvgIpc) is 2.36. The molecule has 2 rings (SSSR count). The monoisotopic (exact) mass is 299 g/mol. The Morgan fingerprint density at radius 2 is 2.05 bits per heavy atom. The number of aliphatic hydroxyl groups is 1. The Kier molecular flexibility index (Phi) is 5.18. The second-order valence-electron chi connectivity index (χ2n) is 5.74. The first kappa shape index (κ1) is 15.2. The van der Waals surface area contributed by atoms with E-state index in [-0.39, 0.29) is 0 Å². The van der Waals surface area contributed by atoms with Gasteiger partial charge in [-0.3, -0.25) is 0 Å². The van der Waals surface area contributed by atoms with Crippen LogP contribution in [-0.4, -0.2) is 40.1 Å². The second-order valence-corrected chi connectivity index (χ2v) is 7.98. The van der Waals surface area contributed by atoms with E-state index in [2.05, 4.69) is 18.7 Å². The Bertz CT molecular complexity index is 407. The second kappa shape index (κ2) is 6.49. The van der Waals surface area contributed by atoms with Crippen LogP contribution in [0.25, 0.3) is 0 Å². The van der Waals surface area contributed by atoms with E-state index in [0.717, 1.165) is 31.6 Å². The lowest BCUT2D eigenvalue weighted by molar-refractivity contribution is 0.140. The van der Waals surface area contributed by atoms with Gasteiger partial charge < -0.3 is 10.0 Å². The van der Waals surface area contributed by atoms with Gasteiger partial charge in [-0.2, -0.15) is 11.8 Å². The summed E-state index contributed by atoms with van der Waals surface area (Å²) in [5, 5.41) is 10.9. The third-order valence-electron chi connectivity index (χ3n) is 3.48. The van der Waals surface area contributed by atoms with Gasteiger partial charge in [0, 0.05) is 35.2 Å². The average molecular weight is 300 g/mol. The minimum Gasteiger partial charge on any atom is -0.388 e. The first-order valence-corrected chi connectivity index (χ1v) is 8.12. The van der Waals surface area contributed by atoms with Gasteiger partial charge in [0.25, 0.3) is 0 Å². The first-order chi connectivity index (χ1) is 8.96. The molecule has 1 aromatic rings. The van der Waals surface area contributed by atoms with E-state index in [4.69, 9.17) is 11.6 Å². The zero-order valence-electron chi connectivity index (χ0n) is 11.6. The van der Waals surface area contributed by atoms with E-state index in [1.54, 1.807) is 0 Å². The van der Waals surface area contributed by atoms with Gasteiger partial charge in [-0.25, -0.2) is 0 Å². The molecule has 1 aliphatic heterocycles. The molecule has 1 aromatic carbocycles. The Balaban J connectivity index is 1.83. The van der Waals surface area contributed by atoms with Crippen molar-refractivity contribution in [2.24, 2.45) is 0 Å². The molecule has 19 heavy (non-hydrogen) atoms. The molecule has 0 aliphatic carbocycles. The molecule has 1 atom stereocenters. The van der Waals surface area contributed by atoms with Gasteiger partial charge in [0.2, 0.25) is 0 Å². The van der Waals surface area contributed by atoms with Crippen LogP contribution in [0.5, 0.6) is 0 Å². The van der Waals surface area contributed by atoms with E-state index in [9.17, 15) is 5.11 Å². The molecule has 4 heteroatoms. The summed E-state index contributed by atoms with van der Waals surface area (Å²) in [6.45, 7) is 7.76. The van der Waals surface area contributed by atoms with Crippen molar-refractivity contribution < 1.29 is 5.11 Å². The van der Waals surface area contributed by atoms with E-state index in [1.807, 2.05) is 36.0 Å². The van der Waals surface area contributed by atoms with Gasteiger partial charge in [0.05, 0.1) is 6.10 Å². The molecule has 1 N–H and O–H groups in total. The molecule has 0 aromatic heterocycles. The number of halogens is 1. The molecule has 1 aliphatic rings. The van der Waals surface area contributed by atoms with Crippen molar-refractivity contribution in [2.75, 3.05) is 25.4 Å². The lowest BCUT2D eigenvalue weighted by Gasteiger charge is -2.37. The zero-order valence-corrected chi connectivity index (χ0v) is 13.2. The molecular formula is C15H22ClNOS. The van der Waals surface area contributed by atoms with Crippen molar-refractivity contribution in [2.45, 2.75) is 31.1 Å². The van der Waals surface area contributed by atoms with Crippen LogP contribution in [0.4, 0.5) is 0 Å². The minimum absolute atomic E-state index is 0.337. The molecule has 1 unspecified atom stereocenters. The van der Waals surface area contributed by atoms with Crippen molar-refractivity contribution in [3.05, 3.63) is 34.9 Å². The van der Waals surface area contributed by atoms with Crippen LogP contribution >= 0.6 is 23.4 Å². The lowest BCUT2D eigenvalue weighted by Crippen LogP contribution is -2.43. The van der Waals surface area contributed by atoms with Crippen molar-refractivity contribution in [3.63, 3.8) is 0 Å². The SMILES string of the molecule is CC1(C)CN(CCC(O)c2ccc(Cl)cc2)CCS1. The quantitative estimate of drug-likeness (QED) is 0.919. The predicted molar refractivity (Wildman–Crippen MR) is 84.0 cm³/mol. The van der Waals surface area contributed by atoms with Gasteiger partial charge in [-0.05, 0) is 38.0 Å². The van der Waals surface area contributed by atoms with Crippen LogP contribution in [0.15, 0.2) is 24.3 Å². The van der Waals surface area contributed by atoms with Crippen LogP contribution in [-0.2, 0) is 0 Å². The third kappa shape index (κ3) is 4.67. The summed E-state index contributed by atoms with van der Waals surface area (Å²) in [4.78, 5) is 2.45. The van der Waals surface area contributed by atoms with Crippen LogP contribution in [0.1, 0.15) is 31.9 Å². The van der Waals surface area contributed by atoms with E-state index < -0.39 is 6.10 Å². The fourth-order valence-electron chi connectivity index (χ4n) is 2.46. The maximum Gasteiger partial charge on any atom is 0.0802 e. The van der Waals surface area contributed by atoms with Crippen molar-refractivity contribution >= 4 is 23.4 Å². The fraction of sp³-hybridized carbons (Fsp3) is 0.600. The lowest BCUT2D eigenvalue weighted by atomic mass is 10.1. The van der Waals surface area contributed by atoms with Gasteiger partial charge in [0.15, 0.2) is 0 Å². The number of aliphatic hydroxyl groups excluding tert-OH is 1. The Morgan fingerprint density at radius 1 is 1.37 bits per heavy atom. The van der Waals surface area contributed by atoms with Gasteiger partial charge in [0.1, 0.15) is 0 Å². The maximum atomic E-state index is 10.2. The summed E-state index contributed by atoms with van der Waals surface area (Å²) in [6.07, 6.45) is 0.387. The largest absolute Gasteiger partial charge is 0.388 e. The first-order valence-electron chi connectivity index (χ1n) is 6.76. The number of hydrogen-bond donors (Lipinski definition) is 1. The Labute approximate surface area is 125 Å². The topological polar surface area (TPSA) is 23.5 Å². The highest BCUT2D eigenvalue weighted by atomic mass is 35.5. The normalized spacial score (nSPS) is 21.3. The summed E-state index contributed by atoms with van der Waals surface area (Å²) in [5.74, 6) is 1.18. The number of hydrogen-bond acceptors (Lipinski definition) is 3. The summed E-state index contributed by atoms with van der Waals surface area (Å²) in [5.41, 5.74) is 0.954. The highest BCUT2D eigenvalue weighted by molar-refractivity contribution is 8.00. The number of thioether (sulfide) groups is 1. The highest BCUT2D eigenvalue weighted by Crippen LogP contribution is 2.30. The van der Waals surface area contributed by atoms with Gasteiger partial charge in [-0.15, -0.1) is 0 Å². The van der Waals surface area contributed by atoms with Crippen molar-refractivity contribution in [1.82, 2.24) is 4.90 Å². The summed E-state index contributed by atoms with van der Waals surface area (Å²) >= 11 is 7.89. The smallest absolute Gasteiger partial charge is 0.0802 e. The Hall–Kier alpha value is -0.220. The number of rotatable bonds is 4. The number of benzene rings is 1. The minimum atomic E-state index is -0.394. The molecule has 1 heterocycles. The maximum absolute atomic E-state index is 10.2. The van der Waals surface area contributed by atoms with E-state index in [0.29, 0.717) is 9.77 Å². The van der Waals surface area contributed by atoms with Crippen LogP contribution in [0.2, 0.25) is 5.02 Å². The summed E-state index contributed by atoms with van der Waals surface area (Å²) in [7, 11) is 0. The van der Waals surface area contributed by atoms with Gasteiger partial charge in [-0.1, -0.05) is 23.7 Å². The summed E-state index contributed by atoms with van der Waals surface area (Å²) < 4.78 is 0.337. The van der Waals surface area contributed by atoms with Crippen molar-refractivity contribution in [1.29, 1.82) is 0 Å². The van der Waals surface area contributed by atoms with E-state index >= 15 is 0 Å². The predicted octanol–water partition coefficient (Wildman–Crippen LogP) is 3.59. The van der Waals surface area contributed by atoms with Crippen LogP contribution in [0, 0.1) is 0 Å². The molecular weight excluding hydrogens is 278 g/mol.